The van der Waals surface area contributed by atoms with E-state index in [0.29, 0.717) is 0 Å². The molecule has 0 amide bonds. The number of alkyl halides is 1. The van der Waals surface area contributed by atoms with Crippen molar-refractivity contribution in [1.29, 1.82) is 0 Å². The number of allylic oxidation sites excluding steroid dienone is 17. The van der Waals surface area contributed by atoms with Gasteiger partial charge in [0.25, 0.3) is 0 Å². The van der Waals surface area contributed by atoms with Crippen LogP contribution in [0.15, 0.2) is 259 Å². The zero-order chi connectivity index (χ0) is 47.7. The maximum absolute atomic E-state index is 4.53. The minimum Gasteiger partial charge on any atom is -0.0984 e. The molecule has 0 aliphatic heterocycles. The van der Waals surface area contributed by atoms with Gasteiger partial charge >= 0.3 is 0 Å². The van der Waals surface area contributed by atoms with Crippen molar-refractivity contribution in [2.75, 3.05) is 0 Å². The van der Waals surface area contributed by atoms with E-state index in [1.807, 2.05) is 17.8 Å². The second kappa shape index (κ2) is 22.0. The molecule has 1 unspecified atom stereocenters. The second-order valence-corrected chi connectivity index (χ2v) is 19.6. The molecule has 0 fully saturated rings. The topological polar surface area (TPSA) is 0 Å². The van der Waals surface area contributed by atoms with Gasteiger partial charge in [-0.25, -0.2) is 0 Å². The monoisotopic (exact) mass is 1020 g/mol. The van der Waals surface area contributed by atoms with Gasteiger partial charge in [0.1, 0.15) is 0 Å². The van der Waals surface area contributed by atoms with Crippen molar-refractivity contribution < 1.29 is 0 Å². The van der Waals surface area contributed by atoms with Crippen molar-refractivity contribution >= 4 is 88.8 Å². The van der Waals surface area contributed by atoms with Gasteiger partial charge in [0.15, 0.2) is 0 Å². The third-order valence-corrected chi connectivity index (χ3v) is 15.2. The molecule has 9 rings (SSSR count). The van der Waals surface area contributed by atoms with E-state index in [0.717, 1.165) is 5.57 Å². The highest BCUT2D eigenvalue weighted by molar-refractivity contribution is 14.1. The van der Waals surface area contributed by atoms with E-state index in [4.69, 9.17) is 0 Å². The Hall–Kier alpha value is -6.98. The zero-order valence-corrected chi connectivity index (χ0v) is 42.6. The summed E-state index contributed by atoms with van der Waals surface area (Å²) in [7, 11) is 0. The molecule has 0 radical (unpaired) electrons. The molecule has 8 aromatic carbocycles. The van der Waals surface area contributed by atoms with Crippen molar-refractivity contribution in [1.82, 2.24) is 0 Å². The first-order valence-corrected chi connectivity index (χ1v) is 25.7. The lowest BCUT2D eigenvalue weighted by molar-refractivity contribution is 1.30. The van der Waals surface area contributed by atoms with Gasteiger partial charge < -0.3 is 0 Å². The first kappa shape index (κ1) is 47.1. The van der Waals surface area contributed by atoms with Gasteiger partial charge in [0, 0.05) is 15.4 Å². The smallest absolute Gasteiger partial charge is 0.0547 e. The van der Waals surface area contributed by atoms with Gasteiger partial charge in [-0.3, -0.25) is 0 Å². The van der Waals surface area contributed by atoms with E-state index in [1.54, 1.807) is 0 Å². The number of hydrogen-bond donors (Lipinski definition) is 0. The van der Waals surface area contributed by atoms with E-state index in [9.17, 15) is 0 Å². The molecule has 336 valence electrons. The van der Waals surface area contributed by atoms with Crippen LogP contribution in [0.1, 0.15) is 48.6 Å². The lowest BCUT2D eigenvalue weighted by Gasteiger charge is -2.23. The van der Waals surface area contributed by atoms with E-state index in [1.165, 1.54) is 109 Å². The maximum atomic E-state index is 4.53. The molecule has 0 aromatic heterocycles. The SMILES string of the molecule is C=C/C(=C\C=C(/C)c1c(/C=C\C=C/C)cc(-c2cccc3ccccc23)c2ccccc12)c1c(-c2ccccc2)c(S/C(=C/C2=CC(I)/C(=C\C=C/C)C=C2)c2ccccc2)c(C)c2ccccc12. The first-order valence-electron chi connectivity index (χ1n) is 23.7. The molecular weight excluding hydrogens is 964 g/mol. The number of rotatable bonds is 13. The minimum atomic E-state index is 0.267. The van der Waals surface area contributed by atoms with Crippen molar-refractivity contribution in [2.24, 2.45) is 0 Å². The highest BCUT2D eigenvalue weighted by Gasteiger charge is 2.23. The van der Waals surface area contributed by atoms with Gasteiger partial charge in [-0.05, 0) is 139 Å². The van der Waals surface area contributed by atoms with Crippen LogP contribution < -0.4 is 0 Å². The van der Waals surface area contributed by atoms with Gasteiger partial charge in [-0.2, -0.15) is 0 Å². The molecular formula is C67H55IS. The van der Waals surface area contributed by atoms with Crippen LogP contribution in [0.5, 0.6) is 0 Å². The fourth-order valence-corrected chi connectivity index (χ4v) is 11.5. The number of thioether (sulfide) groups is 1. The van der Waals surface area contributed by atoms with Gasteiger partial charge in [0.2, 0.25) is 0 Å². The van der Waals surface area contributed by atoms with Crippen LogP contribution in [-0.2, 0) is 0 Å². The van der Waals surface area contributed by atoms with Crippen LogP contribution >= 0.6 is 34.4 Å². The molecule has 2 heteroatoms. The number of aryl methyl sites for hydroxylation is 1. The molecule has 0 N–H and O–H groups in total. The third-order valence-electron chi connectivity index (χ3n) is 12.8. The number of hydrogen-bond acceptors (Lipinski definition) is 1. The number of fused-ring (bicyclic) bond motifs is 3. The van der Waals surface area contributed by atoms with E-state index >= 15 is 0 Å². The summed E-state index contributed by atoms with van der Waals surface area (Å²) in [6, 6.07) is 57.2. The molecule has 69 heavy (non-hydrogen) atoms. The summed E-state index contributed by atoms with van der Waals surface area (Å²) in [5, 5.41) is 7.36. The first-order chi connectivity index (χ1) is 33.9. The summed E-state index contributed by atoms with van der Waals surface area (Å²) in [5.74, 6) is 0. The Morgan fingerprint density at radius 2 is 1.26 bits per heavy atom. The Morgan fingerprint density at radius 1 is 0.623 bits per heavy atom. The van der Waals surface area contributed by atoms with Crippen LogP contribution in [0.3, 0.4) is 0 Å². The molecule has 1 aliphatic carbocycles. The Labute approximate surface area is 426 Å². The maximum Gasteiger partial charge on any atom is 0.0547 e. The number of benzene rings is 8. The zero-order valence-electron chi connectivity index (χ0n) is 39.7. The standard InChI is InChI=1S/C67H55IS/c1-6-9-13-31-54-45-61(57-38-24-32-50-26-18-19-34-56(50)57)58-35-21-23-37-60(58)64(54)46(4)39-41-49(8-3)65-59-36-22-20-33-55(59)47(5)67(66(65)53-29-16-12-17-30-53)69-63(52-27-14-11-15-28-52)44-48-40-42-51(25-10-7-2)62(68)43-48/h6-45,62H,3H2,1-2,4-5H3/b9-6-,10-7-,31-13-,46-39+,49-41+,51-25-,63-44+. The summed E-state index contributed by atoms with van der Waals surface area (Å²) >= 11 is 4.40. The highest BCUT2D eigenvalue weighted by atomic mass is 127. The quantitative estimate of drug-likeness (QED) is 0.0480. The van der Waals surface area contributed by atoms with Crippen LogP contribution in [0, 0.1) is 6.92 Å². The molecule has 1 atom stereocenters. The molecule has 1 aliphatic rings. The summed E-state index contributed by atoms with van der Waals surface area (Å²) < 4.78 is 0.267. The average Bonchev–Trinajstić information content (AvgIpc) is 3.39. The molecule has 0 nitrogen and oxygen atoms in total. The van der Waals surface area contributed by atoms with E-state index in [-0.39, 0.29) is 3.92 Å². The van der Waals surface area contributed by atoms with Crippen molar-refractivity contribution in [3.8, 4) is 22.3 Å². The predicted molar refractivity (Wildman–Crippen MR) is 315 cm³/mol. The van der Waals surface area contributed by atoms with E-state index < -0.39 is 0 Å². The lowest BCUT2D eigenvalue weighted by Crippen LogP contribution is -2.01. The molecule has 0 bridgehead atoms. The highest BCUT2D eigenvalue weighted by Crippen LogP contribution is 2.49. The van der Waals surface area contributed by atoms with Gasteiger partial charge in [0.05, 0.1) is 3.92 Å². The predicted octanol–water partition coefficient (Wildman–Crippen LogP) is 20.0. The minimum absolute atomic E-state index is 0.267. The average molecular weight is 1020 g/mol. The summed E-state index contributed by atoms with van der Waals surface area (Å²) in [6.07, 6.45) is 30.9. The third kappa shape index (κ3) is 10.1. The molecule has 0 saturated carbocycles. The Kier molecular flexibility index (Phi) is 15.0. The number of halogens is 1. The summed E-state index contributed by atoms with van der Waals surface area (Å²) in [6.45, 7) is 13.2. The fourth-order valence-electron chi connectivity index (χ4n) is 9.46. The van der Waals surface area contributed by atoms with Crippen LogP contribution in [-0.4, -0.2) is 3.92 Å². The molecule has 0 spiro atoms. The summed E-state index contributed by atoms with van der Waals surface area (Å²) in [4.78, 5) is 2.42. The Balaban J connectivity index is 1.25. The molecule has 0 heterocycles. The van der Waals surface area contributed by atoms with Gasteiger partial charge in [-0.15, -0.1) is 0 Å². The Bertz CT molecular complexity index is 3510. The van der Waals surface area contributed by atoms with Crippen LogP contribution in [0.25, 0.3) is 76.7 Å². The van der Waals surface area contributed by atoms with Gasteiger partial charge in [-0.1, -0.05) is 272 Å². The normalized spacial score (nSPS) is 15.4. The van der Waals surface area contributed by atoms with Crippen molar-refractivity contribution in [3.63, 3.8) is 0 Å². The Morgan fingerprint density at radius 3 is 1.97 bits per heavy atom. The molecule has 0 saturated heterocycles. The van der Waals surface area contributed by atoms with Crippen molar-refractivity contribution in [2.45, 2.75) is 36.5 Å². The van der Waals surface area contributed by atoms with E-state index in [2.05, 4.69) is 294 Å². The van der Waals surface area contributed by atoms with Crippen LogP contribution in [0.4, 0.5) is 0 Å². The fraction of sp³-hybridized carbons (Fsp3) is 0.0746. The summed E-state index contributed by atoms with van der Waals surface area (Å²) in [5.41, 5.74) is 15.5. The second-order valence-electron chi connectivity index (χ2n) is 17.2. The largest absolute Gasteiger partial charge is 0.0984 e. The van der Waals surface area contributed by atoms with Crippen LogP contribution in [0.2, 0.25) is 0 Å². The molecule has 8 aromatic rings. The van der Waals surface area contributed by atoms with Crippen molar-refractivity contribution in [3.05, 3.63) is 282 Å². The lowest BCUT2D eigenvalue weighted by atomic mass is 9.85.